The van der Waals surface area contributed by atoms with Gasteiger partial charge in [-0.2, -0.15) is 0 Å². The van der Waals surface area contributed by atoms with Gasteiger partial charge in [-0.3, -0.25) is 19.3 Å². The highest BCUT2D eigenvalue weighted by atomic mass is 32.2. The lowest BCUT2D eigenvalue weighted by molar-refractivity contribution is -0.145. The lowest BCUT2D eigenvalue weighted by atomic mass is 9.79. The number of hydrogen-bond acceptors (Lipinski definition) is 6. The maximum atomic E-state index is 15.1. The molecule has 31 heavy (non-hydrogen) atoms. The molecule has 1 saturated heterocycles. The minimum atomic E-state index is -0.654. The molecule has 168 valence electrons. The van der Waals surface area contributed by atoms with E-state index >= 15 is 4.39 Å². The smallest absolute Gasteiger partial charge is 0.326 e. The molecule has 2 heterocycles. The van der Waals surface area contributed by atoms with Crippen LogP contribution in [0.1, 0.15) is 64.5 Å². The predicted molar refractivity (Wildman–Crippen MR) is 120 cm³/mol. The first-order valence-electron chi connectivity index (χ1n) is 10.6. The molecule has 0 bridgehead atoms. The summed E-state index contributed by atoms with van der Waals surface area (Å²) in [6, 6.07) is 3.32. The van der Waals surface area contributed by atoms with E-state index in [2.05, 4.69) is 32.6 Å². The van der Waals surface area contributed by atoms with Crippen molar-refractivity contribution in [2.45, 2.75) is 58.9 Å². The van der Waals surface area contributed by atoms with Gasteiger partial charge in [-0.15, -0.1) is 0 Å². The summed E-state index contributed by atoms with van der Waals surface area (Å²) in [6.07, 6.45) is 3.29. The zero-order valence-corrected chi connectivity index (χ0v) is 19.5. The monoisotopic (exact) mass is 448 g/mol. The normalized spacial score (nSPS) is 21.6. The van der Waals surface area contributed by atoms with Crippen LogP contribution in [-0.4, -0.2) is 47.3 Å². The van der Waals surface area contributed by atoms with Crippen molar-refractivity contribution < 1.29 is 23.5 Å². The summed E-state index contributed by atoms with van der Waals surface area (Å²) in [5.41, 5.74) is 2.11. The summed E-state index contributed by atoms with van der Waals surface area (Å²) in [6.45, 7) is 10.8. The number of imide groups is 1. The minimum Gasteiger partial charge on any atom is -0.465 e. The summed E-state index contributed by atoms with van der Waals surface area (Å²) in [7, 11) is 0. The lowest BCUT2D eigenvalue weighted by Gasteiger charge is -2.47. The summed E-state index contributed by atoms with van der Waals surface area (Å²) in [4.78, 5) is 39.7. The van der Waals surface area contributed by atoms with Gasteiger partial charge in [0, 0.05) is 23.3 Å². The van der Waals surface area contributed by atoms with Crippen LogP contribution in [0.3, 0.4) is 0 Å². The van der Waals surface area contributed by atoms with Gasteiger partial charge in [0.15, 0.2) is 0 Å². The molecule has 2 amide bonds. The molecular formula is C23H29FN2O4S. The van der Waals surface area contributed by atoms with E-state index in [-0.39, 0.29) is 28.5 Å². The number of carbonyl (C=O) groups is 3. The molecule has 6 nitrogen and oxygen atoms in total. The number of nitrogens with zero attached hydrogens (tertiary/aromatic N) is 2. The molecule has 0 N–H and O–H groups in total. The van der Waals surface area contributed by atoms with Gasteiger partial charge in [0.2, 0.25) is 0 Å². The number of rotatable bonds is 6. The van der Waals surface area contributed by atoms with Crippen molar-refractivity contribution in [1.29, 1.82) is 0 Å². The van der Waals surface area contributed by atoms with Crippen LogP contribution in [0.15, 0.2) is 17.0 Å². The quantitative estimate of drug-likeness (QED) is 0.454. The Labute approximate surface area is 186 Å². The molecule has 0 aliphatic carbocycles. The van der Waals surface area contributed by atoms with Crippen LogP contribution in [0.5, 0.6) is 0 Å². The molecule has 0 spiro atoms. The Kier molecular flexibility index (Phi) is 6.79. The SMILES string of the molecule is CCCN1c2cc(F)c(/C=C3\SC(=O)N(CC(=O)OCC)C3=O)cc2C(C)CC1(C)C. The van der Waals surface area contributed by atoms with Crippen LogP contribution in [0, 0.1) is 5.82 Å². The number of anilines is 1. The van der Waals surface area contributed by atoms with Crippen molar-refractivity contribution in [3.8, 4) is 0 Å². The second kappa shape index (κ2) is 9.02. The fraction of sp³-hybridized carbons (Fsp3) is 0.522. The molecule has 1 aromatic rings. The van der Waals surface area contributed by atoms with Crippen molar-refractivity contribution in [2.24, 2.45) is 0 Å². The van der Waals surface area contributed by atoms with Gasteiger partial charge in [-0.25, -0.2) is 4.39 Å². The molecule has 2 aliphatic heterocycles. The number of ether oxygens (including phenoxy) is 1. The molecule has 1 fully saturated rings. The van der Waals surface area contributed by atoms with E-state index in [0.717, 1.165) is 35.5 Å². The number of halogens is 1. The summed E-state index contributed by atoms with van der Waals surface area (Å²) >= 11 is 0.706. The average Bonchev–Trinajstić information content (AvgIpc) is 2.93. The maximum Gasteiger partial charge on any atom is 0.326 e. The third kappa shape index (κ3) is 4.63. The lowest BCUT2D eigenvalue weighted by Crippen LogP contribution is -2.48. The number of benzene rings is 1. The molecule has 2 aliphatic rings. The Morgan fingerprint density at radius 1 is 1.32 bits per heavy atom. The number of amides is 2. The fourth-order valence-corrected chi connectivity index (χ4v) is 5.22. The third-order valence-electron chi connectivity index (χ3n) is 5.70. The first-order chi connectivity index (χ1) is 14.6. The highest BCUT2D eigenvalue weighted by Gasteiger charge is 2.38. The second-order valence-corrected chi connectivity index (χ2v) is 9.57. The summed E-state index contributed by atoms with van der Waals surface area (Å²) < 4.78 is 19.9. The van der Waals surface area contributed by atoms with Gasteiger partial charge in [-0.05, 0) is 75.1 Å². The Morgan fingerprint density at radius 2 is 2.03 bits per heavy atom. The molecule has 8 heteroatoms. The van der Waals surface area contributed by atoms with Crippen LogP contribution in [0.25, 0.3) is 6.08 Å². The van der Waals surface area contributed by atoms with E-state index in [1.54, 1.807) is 13.0 Å². The Bertz CT molecular complexity index is 944. The van der Waals surface area contributed by atoms with E-state index in [0.29, 0.717) is 11.8 Å². The van der Waals surface area contributed by atoms with Gasteiger partial charge in [-0.1, -0.05) is 13.8 Å². The first kappa shape index (κ1) is 23.3. The molecule has 0 saturated carbocycles. The van der Waals surface area contributed by atoms with Gasteiger partial charge in [0.1, 0.15) is 12.4 Å². The Balaban J connectivity index is 1.94. The van der Waals surface area contributed by atoms with Crippen molar-refractivity contribution in [2.75, 3.05) is 24.6 Å². The molecule has 1 atom stereocenters. The third-order valence-corrected chi connectivity index (χ3v) is 6.61. The maximum absolute atomic E-state index is 15.1. The van der Waals surface area contributed by atoms with E-state index in [1.807, 2.05) is 0 Å². The molecule has 3 rings (SSSR count). The number of fused-ring (bicyclic) bond motifs is 1. The second-order valence-electron chi connectivity index (χ2n) is 8.57. The molecule has 1 unspecified atom stereocenters. The van der Waals surface area contributed by atoms with Crippen LogP contribution < -0.4 is 4.90 Å². The predicted octanol–water partition coefficient (Wildman–Crippen LogP) is 4.93. The highest BCUT2D eigenvalue weighted by molar-refractivity contribution is 8.18. The zero-order chi connectivity index (χ0) is 22.9. The van der Waals surface area contributed by atoms with Gasteiger partial charge >= 0.3 is 5.97 Å². The van der Waals surface area contributed by atoms with Gasteiger partial charge in [0.25, 0.3) is 11.1 Å². The standard InChI is InChI=1S/C23H29FN2O4S/c1-6-8-26-18-11-17(24)15(9-16(18)14(3)12-23(26,4)5)10-19-21(28)25(22(29)31-19)13-20(27)30-7-2/h9-11,14H,6-8,12-13H2,1-5H3/b19-10-. The van der Waals surface area contributed by atoms with E-state index in [4.69, 9.17) is 4.74 Å². The molecule has 0 radical (unpaired) electrons. The first-order valence-corrected chi connectivity index (χ1v) is 11.4. The molecule has 0 aromatic heterocycles. The number of esters is 1. The van der Waals surface area contributed by atoms with Crippen LogP contribution in [0.4, 0.5) is 14.9 Å². The van der Waals surface area contributed by atoms with E-state index in [9.17, 15) is 14.4 Å². The number of hydrogen-bond donors (Lipinski definition) is 0. The van der Waals surface area contributed by atoms with Crippen LogP contribution in [0.2, 0.25) is 0 Å². The van der Waals surface area contributed by atoms with E-state index in [1.165, 1.54) is 12.1 Å². The van der Waals surface area contributed by atoms with Crippen molar-refractivity contribution >= 4 is 40.6 Å². The van der Waals surface area contributed by atoms with Gasteiger partial charge in [0.05, 0.1) is 11.5 Å². The van der Waals surface area contributed by atoms with Crippen LogP contribution >= 0.6 is 11.8 Å². The number of thioether (sulfide) groups is 1. The number of carbonyl (C=O) groups excluding carboxylic acids is 3. The van der Waals surface area contributed by atoms with Crippen molar-refractivity contribution in [1.82, 2.24) is 4.90 Å². The largest absolute Gasteiger partial charge is 0.465 e. The van der Waals surface area contributed by atoms with Crippen molar-refractivity contribution in [3.63, 3.8) is 0 Å². The Morgan fingerprint density at radius 3 is 2.68 bits per heavy atom. The van der Waals surface area contributed by atoms with Gasteiger partial charge < -0.3 is 9.64 Å². The molecular weight excluding hydrogens is 419 g/mol. The fourth-order valence-electron chi connectivity index (χ4n) is 4.39. The van der Waals surface area contributed by atoms with E-state index < -0.39 is 29.5 Å². The highest BCUT2D eigenvalue weighted by Crippen LogP contribution is 2.45. The molecule has 1 aromatic carbocycles. The summed E-state index contributed by atoms with van der Waals surface area (Å²) in [5, 5.41) is -0.563. The Hall–Kier alpha value is -2.35. The topological polar surface area (TPSA) is 66.9 Å². The minimum absolute atomic E-state index is 0.0772. The van der Waals surface area contributed by atoms with Crippen molar-refractivity contribution in [3.05, 3.63) is 34.0 Å². The zero-order valence-electron chi connectivity index (χ0n) is 18.7. The van der Waals surface area contributed by atoms with Crippen LogP contribution in [-0.2, 0) is 14.3 Å². The average molecular weight is 449 g/mol. The summed E-state index contributed by atoms with van der Waals surface area (Å²) in [5.74, 6) is -1.48.